The van der Waals surface area contributed by atoms with E-state index in [1.807, 2.05) is 0 Å². The first-order valence-electron chi connectivity index (χ1n) is 4.90. The molecule has 0 aromatic rings. The van der Waals surface area contributed by atoms with Crippen LogP contribution in [0.5, 0.6) is 0 Å². The highest BCUT2D eigenvalue weighted by atomic mass is 14.8. The van der Waals surface area contributed by atoms with Gasteiger partial charge in [-0.3, -0.25) is 0 Å². The molecule has 4 fully saturated rings. The highest BCUT2D eigenvalue weighted by Gasteiger charge is 2.72. The Hall–Kier alpha value is 0. The number of hydrogen-bond donors (Lipinski definition) is 0. The van der Waals surface area contributed by atoms with E-state index in [0.29, 0.717) is 0 Å². The largest absolute Gasteiger partial charge is 0.0496 e. The summed E-state index contributed by atoms with van der Waals surface area (Å²) in [4.78, 5) is 0. The third-order valence-electron chi connectivity index (χ3n) is 4.94. The summed E-state index contributed by atoms with van der Waals surface area (Å²) in [7, 11) is 0. The van der Waals surface area contributed by atoms with Crippen molar-refractivity contribution >= 4 is 0 Å². The van der Waals surface area contributed by atoms with Crippen molar-refractivity contribution in [1.29, 1.82) is 0 Å². The minimum Gasteiger partial charge on any atom is -0.0496 e. The molecular weight excluding hydrogens is 120 g/mol. The van der Waals surface area contributed by atoms with Gasteiger partial charge in [0.15, 0.2) is 0 Å². The fourth-order valence-corrected chi connectivity index (χ4v) is 4.28. The Morgan fingerprint density at radius 3 is 2.20 bits per heavy atom. The summed E-state index contributed by atoms with van der Waals surface area (Å²) in [6, 6.07) is 0. The molecule has 0 heteroatoms. The SMILES string of the molecule is C1C[C@@]2(C[C@H]3CC32)[C@H]2CC12. The molecule has 2 unspecified atom stereocenters. The fraction of sp³-hybridized carbons (Fsp3) is 1.00. The van der Waals surface area contributed by atoms with Crippen LogP contribution in [0.1, 0.15) is 32.1 Å². The second kappa shape index (κ2) is 1.09. The molecule has 54 valence electrons. The van der Waals surface area contributed by atoms with Crippen LogP contribution in [0.25, 0.3) is 0 Å². The molecule has 4 aliphatic rings. The summed E-state index contributed by atoms with van der Waals surface area (Å²) in [5.41, 5.74) is 0.981. The van der Waals surface area contributed by atoms with Gasteiger partial charge in [-0.2, -0.15) is 0 Å². The van der Waals surface area contributed by atoms with E-state index in [-0.39, 0.29) is 0 Å². The predicted molar refractivity (Wildman–Crippen MR) is 39.5 cm³/mol. The van der Waals surface area contributed by atoms with E-state index < -0.39 is 0 Å². The second-order valence-corrected chi connectivity index (χ2v) is 5.18. The Bertz CT molecular complexity index is 204. The van der Waals surface area contributed by atoms with Crippen LogP contribution in [0.3, 0.4) is 0 Å². The Kier molecular flexibility index (Phi) is 0.522. The lowest BCUT2D eigenvalue weighted by Crippen LogP contribution is -2.32. The minimum atomic E-state index is 0.981. The van der Waals surface area contributed by atoms with Gasteiger partial charge in [-0.1, -0.05) is 0 Å². The Morgan fingerprint density at radius 1 is 1.00 bits per heavy atom. The molecule has 4 saturated carbocycles. The van der Waals surface area contributed by atoms with E-state index in [1.54, 1.807) is 32.1 Å². The van der Waals surface area contributed by atoms with Crippen molar-refractivity contribution in [3.63, 3.8) is 0 Å². The maximum Gasteiger partial charge on any atom is -0.0233 e. The van der Waals surface area contributed by atoms with E-state index in [4.69, 9.17) is 0 Å². The Labute approximate surface area is 62.0 Å². The molecular formula is C10H14. The van der Waals surface area contributed by atoms with Crippen molar-refractivity contribution in [2.75, 3.05) is 0 Å². The first-order chi connectivity index (χ1) is 4.90. The number of rotatable bonds is 0. The number of hydrogen-bond acceptors (Lipinski definition) is 0. The summed E-state index contributed by atoms with van der Waals surface area (Å²) in [5.74, 6) is 4.96. The van der Waals surface area contributed by atoms with Crippen molar-refractivity contribution in [2.24, 2.45) is 29.1 Å². The lowest BCUT2D eigenvalue weighted by Gasteiger charge is -2.39. The first-order valence-corrected chi connectivity index (χ1v) is 4.90. The molecule has 0 amide bonds. The van der Waals surface area contributed by atoms with Crippen molar-refractivity contribution in [3.8, 4) is 0 Å². The van der Waals surface area contributed by atoms with Crippen LogP contribution in [0.2, 0.25) is 0 Å². The van der Waals surface area contributed by atoms with Gasteiger partial charge >= 0.3 is 0 Å². The zero-order valence-corrected chi connectivity index (χ0v) is 6.34. The molecule has 0 saturated heterocycles. The molecule has 0 N–H and O–H groups in total. The standard InChI is InChI=1S/C10H14/c1-2-10(8-3-6(1)8)5-7-4-9(7)10/h6-9H,1-5H2/t6?,7-,8+,9?,10-/m1/s1. The molecule has 0 radical (unpaired) electrons. The molecule has 10 heavy (non-hydrogen) atoms. The second-order valence-electron chi connectivity index (χ2n) is 5.18. The zero-order valence-electron chi connectivity index (χ0n) is 6.34. The van der Waals surface area contributed by atoms with Gasteiger partial charge in [-0.15, -0.1) is 0 Å². The molecule has 0 aliphatic heterocycles. The van der Waals surface area contributed by atoms with E-state index in [0.717, 1.165) is 5.41 Å². The topological polar surface area (TPSA) is 0 Å². The zero-order chi connectivity index (χ0) is 6.34. The lowest BCUT2D eigenvalue weighted by molar-refractivity contribution is 0.0907. The highest BCUT2D eigenvalue weighted by molar-refractivity contribution is 5.21. The van der Waals surface area contributed by atoms with Gasteiger partial charge in [0.2, 0.25) is 0 Å². The number of fused-ring (bicyclic) bond motifs is 4. The lowest BCUT2D eigenvalue weighted by atomic mass is 9.65. The Morgan fingerprint density at radius 2 is 1.80 bits per heavy atom. The predicted octanol–water partition coefficient (Wildman–Crippen LogP) is 2.44. The van der Waals surface area contributed by atoms with Crippen molar-refractivity contribution in [1.82, 2.24) is 0 Å². The molecule has 0 heterocycles. The van der Waals surface area contributed by atoms with Gasteiger partial charge in [-0.05, 0) is 61.2 Å². The molecule has 4 rings (SSSR count). The minimum absolute atomic E-state index is 0.981. The third-order valence-corrected chi connectivity index (χ3v) is 4.94. The summed E-state index contributed by atoms with van der Waals surface area (Å²) in [6.45, 7) is 0. The van der Waals surface area contributed by atoms with E-state index in [2.05, 4.69) is 0 Å². The normalized spacial score (nSPS) is 74.4. The van der Waals surface area contributed by atoms with Gasteiger partial charge in [0, 0.05) is 0 Å². The first kappa shape index (κ1) is 4.79. The van der Waals surface area contributed by atoms with Crippen LogP contribution in [-0.2, 0) is 0 Å². The van der Waals surface area contributed by atoms with Crippen molar-refractivity contribution < 1.29 is 0 Å². The van der Waals surface area contributed by atoms with Gasteiger partial charge in [0.1, 0.15) is 0 Å². The smallest absolute Gasteiger partial charge is 0.0233 e. The summed E-state index contributed by atoms with van der Waals surface area (Å²) in [5, 5.41) is 0. The van der Waals surface area contributed by atoms with Crippen LogP contribution >= 0.6 is 0 Å². The molecule has 0 aromatic carbocycles. The van der Waals surface area contributed by atoms with Gasteiger partial charge in [0.05, 0.1) is 0 Å². The van der Waals surface area contributed by atoms with Crippen LogP contribution in [0, 0.1) is 29.1 Å². The summed E-state index contributed by atoms with van der Waals surface area (Å²) < 4.78 is 0. The third kappa shape index (κ3) is 0.320. The maximum atomic E-state index is 1.65. The van der Waals surface area contributed by atoms with Crippen molar-refractivity contribution in [3.05, 3.63) is 0 Å². The molecule has 4 aliphatic carbocycles. The van der Waals surface area contributed by atoms with E-state index >= 15 is 0 Å². The average molecular weight is 134 g/mol. The molecule has 0 bridgehead atoms. The highest BCUT2D eigenvalue weighted by Crippen LogP contribution is 2.80. The molecule has 1 spiro atoms. The molecule has 5 atom stereocenters. The Balaban J connectivity index is 1.77. The van der Waals surface area contributed by atoms with Crippen LogP contribution < -0.4 is 0 Å². The van der Waals surface area contributed by atoms with Gasteiger partial charge in [-0.25, -0.2) is 0 Å². The van der Waals surface area contributed by atoms with Crippen LogP contribution in [-0.4, -0.2) is 0 Å². The maximum absolute atomic E-state index is 1.65. The quantitative estimate of drug-likeness (QED) is 0.477. The van der Waals surface area contributed by atoms with Crippen LogP contribution in [0.4, 0.5) is 0 Å². The summed E-state index contributed by atoms with van der Waals surface area (Å²) in [6.07, 6.45) is 8.14. The monoisotopic (exact) mass is 134 g/mol. The van der Waals surface area contributed by atoms with Crippen LogP contribution in [0.15, 0.2) is 0 Å². The average Bonchev–Trinajstić information content (AvgIpc) is 2.77. The van der Waals surface area contributed by atoms with Gasteiger partial charge < -0.3 is 0 Å². The van der Waals surface area contributed by atoms with E-state index in [1.165, 1.54) is 23.7 Å². The van der Waals surface area contributed by atoms with Crippen molar-refractivity contribution in [2.45, 2.75) is 32.1 Å². The molecule has 0 aromatic heterocycles. The van der Waals surface area contributed by atoms with E-state index in [9.17, 15) is 0 Å². The fourth-order valence-electron chi connectivity index (χ4n) is 4.28. The summed E-state index contributed by atoms with van der Waals surface area (Å²) >= 11 is 0. The molecule has 0 nitrogen and oxygen atoms in total. The van der Waals surface area contributed by atoms with Gasteiger partial charge in [0.25, 0.3) is 0 Å².